The largest absolute Gasteiger partial charge is 0.508 e. The van der Waals surface area contributed by atoms with E-state index in [4.69, 9.17) is 16.0 Å². The van der Waals surface area contributed by atoms with Gasteiger partial charge in [-0.1, -0.05) is 41.9 Å². The quantitative estimate of drug-likeness (QED) is 0.321. The van der Waals surface area contributed by atoms with Gasteiger partial charge in [0.25, 0.3) is 0 Å². The number of para-hydroxylation sites is 1. The molecule has 0 bridgehead atoms. The maximum Gasteiger partial charge on any atom is 0.174 e. The van der Waals surface area contributed by atoms with Crippen LogP contribution in [0.5, 0.6) is 5.75 Å². The Labute approximate surface area is 185 Å². The Kier molecular flexibility index (Phi) is 6.27. The summed E-state index contributed by atoms with van der Waals surface area (Å²) in [5.74, 6) is 0.449. The van der Waals surface area contributed by atoms with Gasteiger partial charge in [-0.3, -0.25) is 4.21 Å². The summed E-state index contributed by atoms with van der Waals surface area (Å²) in [5, 5.41) is 14.1. The van der Waals surface area contributed by atoms with Crippen LogP contribution in [0.25, 0.3) is 11.0 Å². The first-order chi connectivity index (χ1) is 14.5. The summed E-state index contributed by atoms with van der Waals surface area (Å²) < 4.78 is 22.6. The van der Waals surface area contributed by atoms with Gasteiger partial charge in [-0.2, -0.15) is 0 Å². The number of furan rings is 1. The normalized spacial score (nSPS) is 13.4. The van der Waals surface area contributed by atoms with Crippen LogP contribution in [0, 0.1) is 0 Å². The average Bonchev–Trinajstić information content (AvgIpc) is 3.16. The Bertz CT molecular complexity index is 1230. The number of anilines is 1. The molecule has 0 aliphatic carbocycles. The van der Waals surface area contributed by atoms with E-state index >= 15 is 0 Å². The van der Waals surface area contributed by atoms with Gasteiger partial charge in [0.2, 0.25) is 0 Å². The first-order valence-electron chi connectivity index (χ1n) is 9.27. The SMILES string of the molecule is C/C=S(/Nc1cc(Cl)ccc1S(=O)Cc1cccc(O)c1)c1cc2ccccc2o1. The summed E-state index contributed by atoms with van der Waals surface area (Å²) >= 11 is 6.24. The van der Waals surface area contributed by atoms with Gasteiger partial charge in [0, 0.05) is 10.4 Å². The van der Waals surface area contributed by atoms with Crippen LogP contribution >= 0.6 is 22.3 Å². The number of nitrogens with one attached hydrogen (secondary N) is 1. The van der Waals surface area contributed by atoms with Gasteiger partial charge in [0.05, 0.1) is 27.1 Å². The van der Waals surface area contributed by atoms with Gasteiger partial charge >= 0.3 is 0 Å². The Morgan fingerprint density at radius 3 is 2.67 bits per heavy atom. The monoisotopic (exact) mass is 457 g/mol. The minimum atomic E-state index is -1.32. The number of phenolic OH excluding ortho intramolecular Hbond substituents is 1. The molecule has 1 heterocycles. The molecule has 2 unspecified atom stereocenters. The second kappa shape index (κ2) is 9.08. The molecule has 0 spiro atoms. The number of rotatable bonds is 6. The summed E-state index contributed by atoms with van der Waals surface area (Å²) in [4.78, 5) is 0.651. The molecule has 2 N–H and O–H groups in total. The zero-order valence-corrected chi connectivity index (χ0v) is 18.6. The van der Waals surface area contributed by atoms with E-state index in [-0.39, 0.29) is 5.75 Å². The second-order valence-electron chi connectivity index (χ2n) is 6.58. The average molecular weight is 458 g/mol. The van der Waals surface area contributed by atoms with Crippen molar-refractivity contribution >= 4 is 55.1 Å². The van der Waals surface area contributed by atoms with Crippen molar-refractivity contribution in [2.45, 2.75) is 22.7 Å². The van der Waals surface area contributed by atoms with Crippen LogP contribution in [0.2, 0.25) is 5.02 Å². The molecule has 154 valence electrons. The molecule has 4 rings (SSSR count). The number of hydrogen-bond donors (Lipinski definition) is 2. The van der Waals surface area contributed by atoms with Crippen LogP contribution in [0.4, 0.5) is 5.69 Å². The predicted molar refractivity (Wildman–Crippen MR) is 127 cm³/mol. The highest BCUT2D eigenvalue weighted by molar-refractivity contribution is 8.16. The van der Waals surface area contributed by atoms with Crippen molar-refractivity contribution in [1.29, 1.82) is 0 Å². The molecular formula is C23H20ClNO3S2. The van der Waals surface area contributed by atoms with Gasteiger partial charge < -0.3 is 14.2 Å². The first kappa shape index (κ1) is 20.7. The molecule has 2 atom stereocenters. The summed E-state index contributed by atoms with van der Waals surface area (Å²) in [7, 11) is -1.86. The van der Waals surface area contributed by atoms with E-state index in [1.54, 1.807) is 36.4 Å². The fourth-order valence-corrected chi connectivity index (χ4v) is 5.81. The molecule has 0 saturated carbocycles. The maximum absolute atomic E-state index is 13.1. The van der Waals surface area contributed by atoms with E-state index in [2.05, 4.69) is 4.72 Å². The maximum atomic E-state index is 13.1. The molecule has 0 saturated heterocycles. The lowest BCUT2D eigenvalue weighted by atomic mass is 10.2. The van der Waals surface area contributed by atoms with Crippen molar-refractivity contribution in [2.24, 2.45) is 0 Å². The third-order valence-corrected chi connectivity index (χ3v) is 7.69. The van der Waals surface area contributed by atoms with E-state index in [9.17, 15) is 9.32 Å². The molecule has 0 fully saturated rings. The highest BCUT2D eigenvalue weighted by Crippen LogP contribution is 2.36. The molecule has 3 aromatic carbocycles. The Balaban J connectivity index is 1.64. The van der Waals surface area contributed by atoms with Gasteiger partial charge in [0.15, 0.2) is 5.09 Å². The van der Waals surface area contributed by atoms with Gasteiger partial charge in [-0.05, 0) is 71.0 Å². The third kappa shape index (κ3) is 4.61. The third-order valence-electron chi connectivity index (χ3n) is 4.47. The number of halogens is 1. The van der Waals surface area contributed by atoms with Gasteiger partial charge in [-0.25, -0.2) is 0 Å². The molecule has 0 amide bonds. The molecule has 7 heteroatoms. The molecule has 0 aliphatic heterocycles. The van der Waals surface area contributed by atoms with Crippen LogP contribution in [-0.2, 0) is 16.6 Å². The van der Waals surface area contributed by atoms with Crippen molar-refractivity contribution in [2.75, 3.05) is 4.72 Å². The number of fused-ring (bicyclic) bond motifs is 1. The summed E-state index contributed by atoms with van der Waals surface area (Å²) in [6.07, 6.45) is 0. The van der Waals surface area contributed by atoms with E-state index in [1.165, 1.54) is 0 Å². The van der Waals surface area contributed by atoms with E-state index in [0.29, 0.717) is 21.4 Å². The topological polar surface area (TPSA) is 62.5 Å². The summed E-state index contributed by atoms with van der Waals surface area (Å²) in [5.41, 5.74) is 2.32. The van der Waals surface area contributed by atoms with Crippen molar-refractivity contribution in [3.05, 3.63) is 83.4 Å². The molecule has 30 heavy (non-hydrogen) atoms. The van der Waals surface area contributed by atoms with E-state index in [1.807, 2.05) is 48.7 Å². The number of hydrogen-bond acceptors (Lipinski definition) is 4. The molecule has 0 radical (unpaired) electrons. The zero-order chi connectivity index (χ0) is 21.1. The lowest BCUT2D eigenvalue weighted by Crippen LogP contribution is -2.02. The molecule has 0 aliphatic rings. The van der Waals surface area contributed by atoms with Crippen molar-refractivity contribution in [3.8, 4) is 5.75 Å². The molecular weight excluding hydrogens is 438 g/mol. The zero-order valence-electron chi connectivity index (χ0n) is 16.2. The Morgan fingerprint density at radius 2 is 1.90 bits per heavy atom. The van der Waals surface area contributed by atoms with Crippen LogP contribution < -0.4 is 4.72 Å². The molecule has 4 aromatic rings. The van der Waals surface area contributed by atoms with Crippen molar-refractivity contribution in [3.63, 3.8) is 0 Å². The Hall–Kier alpha value is -2.54. The lowest BCUT2D eigenvalue weighted by molar-refractivity contribution is 0.475. The van der Waals surface area contributed by atoms with Crippen LogP contribution in [-0.4, -0.2) is 14.7 Å². The lowest BCUT2D eigenvalue weighted by Gasteiger charge is -2.15. The van der Waals surface area contributed by atoms with Crippen molar-refractivity contribution < 1.29 is 13.7 Å². The Morgan fingerprint density at radius 1 is 1.07 bits per heavy atom. The highest BCUT2D eigenvalue weighted by atomic mass is 35.5. The minimum Gasteiger partial charge on any atom is -0.508 e. The molecule has 4 nitrogen and oxygen atoms in total. The summed E-state index contributed by atoms with van der Waals surface area (Å²) in [6, 6.07) is 22.0. The van der Waals surface area contributed by atoms with E-state index < -0.39 is 21.5 Å². The standard InChI is InChI=1S/C23H20ClNO3S2/c1-2-29(23-13-17-7-3-4-9-21(17)28-23)25-20-14-18(24)10-11-22(20)30(27)15-16-6-5-8-19(26)12-16/h2-14,25-26H,15H2,1H3. The number of benzene rings is 3. The second-order valence-corrected chi connectivity index (χ2v) is 10.2. The number of aromatic hydroxyl groups is 1. The van der Waals surface area contributed by atoms with Crippen LogP contribution in [0.15, 0.2) is 87.2 Å². The number of phenols is 1. The van der Waals surface area contributed by atoms with Crippen LogP contribution in [0.1, 0.15) is 12.5 Å². The van der Waals surface area contributed by atoms with Gasteiger partial charge in [0.1, 0.15) is 11.3 Å². The minimum absolute atomic E-state index is 0.158. The van der Waals surface area contributed by atoms with Gasteiger partial charge in [-0.15, -0.1) is 0 Å². The molecule has 1 aromatic heterocycles. The predicted octanol–water partition coefficient (Wildman–Crippen LogP) is 6.58. The smallest absolute Gasteiger partial charge is 0.174 e. The highest BCUT2D eigenvalue weighted by Gasteiger charge is 2.15. The van der Waals surface area contributed by atoms with Crippen molar-refractivity contribution in [1.82, 2.24) is 0 Å². The fourth-order valence-electron chi connectivity index (χ4n) is 3.07. The first-order valence-corrected chi connectivity index (χ1v) is 12.3. The van der Waals surface area contributed by atoms with Crippen LogP contribution in [0.3, 0.4) is 0 Å². The summed E-state index contributed by atoms with van der Waals surface area (Å²) in [6.45, 7) is 1.96. The fraction of sp³-hybridized carbons (Fsp3) is 0.0870. The van der Waals surface area contributed by atoms with E-state index in [0.717, 1.165) is 21.6 Å².